The van der Waals surface area contributed by atoms with Crippen LogP contribution in [-0.2, 0) is 11.8 Å². The Morgan fingerprint density at radius 1 is 1.18 bits per heavy atom. The molecule has 0 saturated carbocycles. The third-order valence-electron chi connectivity index (χ3n) is 5.24. The fraction of sp³-hybridized carbons (Fsp3) is 0.300. The number of hydrogen-bond acceptors (Lipinski definition) is 5. The Bertz CT molecular complexity index is 1110. The molecule has 28 heavy (non-hydrogen) atoms. The van der Waals surface area contributed by atoms with Gasteiger partial charge in [0.1, 0.15) is 12.4 Å². The lowest BCUT2D eigenvalue weighted by Crippen LogP contribution is -2.32. The SMILES string of the molecule is CC1=C(C(=O)Nc2ccc(C)cc2C)C(c2cnn(C)c2C)n2ncnc2N1. The molecule has 0 saturated heterocycles. The molecule has 2 N–H and O–H groups in total. The number of nitrogens with zero attached hydrogens (tertiary/aromatic N) is 5. The van der Waals surface area contributed by atoms with E-state index in [0.29, 0.717) is 11.5 Å². The highest BCUT2D eigenvalue weighted by atomic mass is 16.1. The summed E-state index contributed by atoms with van der Waals surface area (Å²) in [5, 5.41) is 15.0. The van der Waals surface area contributed by atoms with Gasteiger partial charge >= 0.3 is 0 Å². The van der Waals surface area contributed by atoms with Gasteiger partial charge in [-0.3, -0.25) is 9.48 Å². The Balaban J connectivity index is 1.78. The number of allylic oxidation sites excluding steroid dienone is 1. The first-order valence-corrected chi connectivity index (χ1v) is 9.11. The molecule has 144 valence electrons. The second-order valence-corrected chi connectivity index (χ2v) is 7.18. The largest absolute Gasteiger partial charge is 0.328 e. The van der Waals surface area contributed by atoms with Crippen LogP contribution in [0.5, 0.6) is 0 Å². The number of nitrogens with one attached hydrogen (secondary N) is 2. The van der Waals surface area contributed by atoms with E-state index < -0.39 is 6.04 Å². The number of fused-ring (bicyclic) bond motifs is 1. The van der Waals surface area contributed by atoms with Crippen LogP contribution in [0.3, 0.4) is 0 Å². The van der Waals surface area contributed by atoms with Crippen LogP contribution >= 0.6 is 0 Å². The van der Waals surface area contributed by atoms with Gasteiger partial charge in [-0.05, 0) is 39.3 Å². The molecule has 1 amide bonds. The van der Waals surface area contributed by atoms with E-state index in [1.165, 1.54) is 6.33 Å². The summed E-state index contributed by atoms with van der Waals surface area (Å²) >= 11 is 0. The molecule has 1 aliphatic heterocycles. The maximum Gasteiger partial charge on any atom is 0.255 e. The van der Waals surface area contributed by atoms with Gasteiger partial charge < -0.3 is 10.6 Å². The second-order valence-electron chi connectivity index (χ2n) is 7.18. The van der Waals surface area contributed by atoms with E-state index in [0.717, 1.165) is 33.8 Å². The fourth-order valence-corrected chi connectivity index (χ4v) is 3.60. The molecular formula is C20H23N7O. The van der Waals surface area contributed by atoms with Gasteiger partial charge in [0.05, 0.1) is 11.8 Å². The Morgan fingerprint density at radius 2 is 1.96 bits per heavy atom. The first-order valence-electron chi connectivity index (χ1n) is 9.11. The van der Waals surface area contributed by atoms with Crippen molar-refractivity contribution in [2.45, 2.75) is 33.7 Å². The minimum Gasteiger partial charge on any atom is -0.328 e. The molecule has 8 nitrogen and oxygen atoms in total. The Hall–Kier alpha value is -3.42. The van der Waals surface area contributed by atoms with Crippen LogP contribution in [0.15, 0.2) is 42.0 Å². The van der Waals surface area contributed by atoms with Crippen LogP contribution in [0, 0.1) is 20.8 Å². The molecular weight excluding hydrogens is 354 g/mol. The molecule has 1 aromatic carbocycles. The van der Waals surface area contributed by atoms with Crippen molar-refractivity contribution in [3.8, 4) is 0 Å². The Kier molecular flexibility index (Phi) is 4.26. The maximum atomic E-state index is 13.4. The zero-order valence-corrected chi connectivity index (χ0v) is 16.6. The molecule has 1 unspecified atom stereocenters. The lowest BCUT2D eigenvalue weighted by molar-refractivity contribution is -0.113. The van der Waals surface area contributed by atoms with Crippen molar-refractivity contribution in [1.82, 2.24) is 24.5 Å². The number of hydrogen-bond donors (Lipinski definition) is 2. The normalized spacial score (nSPS) is 16.0. The monoisotopic (exact) mass is 377 g/mol. The lowest BCUT2D eigenvalue weighted by Gasteiger charge is -2.28. The summed E-state index contributed by atoms with van der Waals surface area (Å²) in [5.74, 6) is 0.431. The van der Waals surface area contributed by atoms with Crippen molar-refractivity contribution in [2.75, 3.05) is 10.6 Å². The minimum atomic E-state index is -0.404. The van der Waals surface area contributed by atoms with Gasteiger partial charge in [0.2, 0.25) is 5.95 Å². The van der Waals surface area contributed by atoms with E-state index in [9.17, 15) is 4.79 Å². The molecule has 1 aliphatic rings. The molecule has 4 rings (SSSR count). The van der Waals surface area contributed by atoms with Crippen LogP contribution in [0.25, 0.3) is 0 Å². The van der Waals surface area contributed by atoms with Gasteiger partial charge in [-0.25, -0.2) is 4.68 Å². The van der Waals surface area contributed by atoms with E-state index in [1.807, 2.05) is 52.9 Å². The average molecular weight is 377 g/mol. The number of benzene rings is 1. The molecule has 8 heteroatoms. The standard InChI is InChI=1S/C20H23N7O/c1-11-6-7-16(12(2)8-11)25-19(28)17-13(3)24-20-21-10-23-27(20)18(17)15-9-22-26(5)14(15)4/h6-10,18H,1-5H3,(H,25,28)(H,21,23,24). The van der Waals surface area contributed by atoms with Crippen LogP contribution in [0.1, 0.15) is 35.3 Å². The first kappa shape index (κ1) is 18.0. The van der Waals surface area contributed by atoms with Crippen LogP contribution in [0.4, 0.5) is 11.6 Å². The number of carbonyl (C=O) groups is 1. The van der Waals surface area contributed by atoms with Crippen LogP contribution in [-0.4, -0.2) is 30.5 Å². The van der Waals surface area contributed by atoms with Crippen molar-refractivity contribution in [3.05, 3.63) is 64.4 Å². The molecule has 0 spiro atoms. The van der Waals surface area contributed by atoms with Gasteiger partial charge in [0, 0.05) is 29.7 Å². The van der Waals surface area contributed by atoms with E-state index in [1.54, 1.807) is 15.6 Å². The third kappa shape index (κ3) is 2.87. The Labute approximate surface area is 163 Å². The first-order chi connectivity index (χ1) is 13.4. The Morgan fingerprint density at radius 3 is 2.64 bits per heavy atom. The number of aryl methyl sites for hydroxylation is 3. The molecule has 0 radical (unpaired) electrons. The number of carbonyl (C=O) groups excluding carboxylic acids is 1. The highest BCUT2D eigenvalue weighted by Gasteiger charge is 2.35. The summed E-state index contributed by atoms with van der Waals surface area (Å²) in [4.78, 5) is 17.6. The smallest absolute Gasteiger partial charge is 0.255 e. The summed E-state index contributed by atoms with van der Waals surface area (Å²) in [6.45, 7) is 7.88. The van der Waals surface area contributed by atoms with Crippen molar-refractivity contribution >= 4 is 17.5 Å². The van der Waals surface area contributed by atoms with E-state index in [2.05, 4.69) is 25.8 Å². The summed E-state index contributed by atoms with van der Waals surface area (Å²) < 4.78 is 3.52. The maximum absolute atomic E-state index is 13.4. The quantitative estimate of drug-likeness (QED) is 0.733. The number of amides is 1. The molecule has 2 aromatic heterocycles. The predicted molar refractivity (Wildman–Crippen MR) is 107 cm³/mol. The van der Waals surface area contributed by atoms with Gasteiger partial charge in [0.25, 0.3) is 5.91 Å². The van der Waals surface area contributed by atoms with Crippen molar-refractivity contribution < 1.29 is 4.79 Å². The van der Waals surface area contributed by atoms with E-state index >= 15 is 0 Å². The van der Waals surface area contributed by atoms with Crippen molar-refractivity contribution in [3.63, 3.8) is 0 Å². The van der Waals surface area contributed by atoms with Gasteiger partial charge in [-0.15, -0.1) is 0 Å². The molecule has 3 aromatic rings. The van der Waals surface area contributed by atoms with Crippen LogP contribution < -0.4 is 10.6 Å². The molecule has 1 atom stereocenters. The van der Waals surface area contributed by atoms with Crippen molar-refractivity contribution in [2.24, 2.45) is 7.05 Å². The number of aromatic nitrogens is 5. The van der Waals surface area contributed by atoms with Gasteiger partial charge in [0.15, 0.2) is 0 Å². The summed E-state index contributed by atoms with van der Waals surface area (Å²) in [6, 6.07) is 5.56. The number of anilines is 2. The molecule has 3 heterocycles. The molecule has 0 bridgehead atoms. The van der Waals surface area contributed by atoms with Gasteiger partial charge in [-0.1, -0.05) is 17.7 Å². The second kappa shape index (κ2) is 6.63. The van der Waals surface area contributed by atoms with Crippen molar-refractivity contribution in [1.29, 1.82) is 0 Å². The topological polar surface area (TPSA) is 89.7 Å². The fourth-order valence-electron chi connectivity index (χ4n) is 3.60. The minimum absolute atomic E-state index is 0.175. The van der Waals surface area contributed by atoms with E-state index in [4.69, 9.17) is 0 Å². The zero-order valence-electron chi connectivity index (χ0n) is 16.6. The van der Waals surface area contributed by atoms with Crippen LogP contribution in [0.2, 0.25) is 0 Å². The molecule has 0 aliphatic carbocycles. The molecule has 0 fully saturated rings. The highest BCUT2D eigenvalue weighted by Crippen LogP contribution is 2.36. The lowest BCUT2D eigenvalue weighted by atomic mass is 9.95. The van der Waals surface area contributed by atoms with Gasteiger partial charge in [-0.2, -0.15) is 15.2 Å². The highest BCUT2D eigenvalue weighted by molar-refractivity contribution is 6.06. The third-order valence-corrected chi connectivity index (χ3v) is 5.24. The summed E-state index contributed by atoms with van der Waals surface area (Å²) in [7, 11) is 1.88. The summed E-state index contributed by atoms with van der Waals surface area (Å²) in [5.41, 5.74) is 6.19. The zero-order chi connectivity index (χ0) is 20.0. The summed E-state index contributed by atoms with van der Waals surface area (Å²) in [6.07, 6.45) is 3.27. The number of rotatable bonds is 3. The predicted octanol–water partition coefficient (Wildman–Crippen LogP) is 2.86. The van der Waals surface area contributed by atoms with E-state index in [-0.39, 0.29) is 5.91 Å². The average Bonchev–Trinajstić information content (AvgIpc) is 3.23.